The molecule has 3 aromatic heterocycles. The molecule has 9 heteroatoms. The molecule has 3 aromatic rings. The zero-order valence-electron chi connectivity index (χ0n) is 16.9. The topological polar surface area (TPSA) is 111 Å². The molecule has 2 amide bonds. The number of hydrogen-bond acceptors (Lipinski definition) is 5. The summed E-state index contributed by atoms with van der Waals surface area (Å²) in [6.07, 6.45) is 6.23. The molecule has 1 atom stereocenters. The number of fused-ring (bicyclic) bond motifs is 1. The van der Waals surface area contributed by atoms with Crippen LogP contribution in [-0.2, 0) is 11.3 Å². The average molecular weight is 409 g/mol. The van der Waals surface area contributed by atoms with Crippen LogP contribution in [0, 0.1) is 13.8 Å². The molecule has 1 fully saturated rings. The van der Waals surface area contributed by atoms with Crippen LogP contribution in [0.25, 0.3) is 16.9 Å². The summed E-state index contributed by atoms with van der Waals surface area (Å²) in [4.78, 5) is 41.9. The summed E-state index contributed by atoms with van der Waals surface area (Å²) in [5, 5.41) is 5.43. The first-order chi connectivity index (χ1) is 14.4. The van der Waals surface area contributed by atoms with Crippen LogP contribution in [0.3, 0.4) is 0 Å². The van der Waals surface area contributed by atoms with Crippen molar-refractivity contribution in [3.05, 3.63) is 58.7 Å². The molecule has 0 radical (unpaired) electrons. The number of hydrogen-bond donors (Lipinski definition) is 2. The van der Waals surface area contributed by atoms with Gasteiger partial charge in [-0.15, -0.1) is 6.58 Å². The molecular formula is C21H23N5O4. The summed E-state index contributed by atoms with van der Waals surface area (Å²) in [6, 6.07) is 1.27. The van der Waals surface area contributed by atoms with Crippen molar-refractivity contribution >= 4 is 17.5 Å². The van der Waals surface area contributed by atoms with E-state index in [4.69, 9.17) is 4.42 Å². The minimum atomic E-state index is -0.597. The molecule has 156 valence electrons. The lowest BCUT2D eigenvalue weighted by Crippen LogP contribution is -2.50. The Morgan fingerprint density at radius 2 is 2.20 bits per heavy atom. The van der Waals surface area contributed by atoms with Gasteiger partial charge in [0, 0.05) is 31.0 Å². The van der Waals surface area contributed by atoms with Crippen LogP contribution in [0.5, 0.6) is 0 Å². The summed E-state index contributed by atoms with van der Waals surface area (Å²) < 4.78 is 8.71. The number of imidazole rings is 1. The van der Waals surface area contributed by atoms with Crippen molar-refractivity contribution in [1.82, 2.24) is 24.6 Å². The maximum absolute atomic E-state index is 13.1. The maximum atomic E-state index is 13.1. The first-order valence-corrected chi connectivity index (χ1v) is 9.78. The van der Waals surface area contributed by atoms with Gasteiger partial charge in [-0.25, -0.2) is 4.98 Å². The van der Waals surface area contributed by atoms with Crippen LogP contribution in [0.1, 0.15) is 34.9 Å². The maximum Gasteiger partial charge on any atom is 0.295 e. The van der Waals surface area contributed by atoms with Crippen LogP contribution >= 0.6 is 0 Å². The molecule has 0 aromatic carbocycles. The van der Waals surface area contributed by atoms with Gasteiger partial charge in [-0.1, -0.05) is 6.08 Å². The number of aryl methyl sites for hydroxylation is 2. The SMILES string of the molecule is C=CCn1c(-c2cc(C)oc2C)cn2cc(C(=O)NC3CCCNC3=O)nc2c1=O. The van der Waals surface area contributed by atoms with Crippen molar-refractivity contribution in [2.45, 2.75) is 39.3 Å². The molecule has 0 spiro atoms. The molecule has 1 unspecified atom stereocenters. The van der Waals surface area contributed by atoms with E-state index >= 15 is 0 Å². The van der Waals surface area contributed by atoms with Crippen molar-refractivity contribution in [2.24, 2.45) is 0 Å². The summed E-state index contributed by atoms with van der Waals surface area (Å²) >= 11 is 0. The lowest BCUT2D eigenvalue weighted by molar-refractivity contribution is -0.124. The summed E-state index contributed by atoms with van der Waals surface area (Å²) in [5.41, 5.74) is 1.27. The highest BCUT2D eigenvalue weighted by Gasteiger charge is 2.25. The van der Waals surface area contributed by atoms with Gasteiger partial charge in [-0.3, -0.25) is 23.4 Å². The van der Waals surface area contributed by atoms with E-state index in [2.05, 4.69) is 22.2 Å². The molecule has 0 aliphatic carbocycles. The largest absolute Gasteiger partial charge is 0.466 e. The normalized spacial score (nSPS) is 16.5. The summed E-state index contributed by atoms with van der Waals surface area (Å²) in [7, 11) is 0. The Morgan fingerprint density at radius 1 is 1.40 bits per heavy atom. The fourth-order valence-corrected chi connectivity index (χ4v) is 3.74. The van der Waals surface area contributed by atoms with E-state index in [1.807, 2.05) is 19.9 Å². The van der Waals surface area contributed by atoms with Gasteiger partial charge in [0.05, 0.1) is 5.69 Å². The summed E-state index contributed by atoms with van der Waals surface area (Å²) in [6.45, 7) is 8.29. The second kappa shape index (κ2) is 7.66. The zero-order chi connectivity index (χ0) is 21.4. The molecule has 4 heterocycles. The van der Waals surface area contributed by atoms with Crippen molar-refractivity contribution < 1.29 is 14.0 Å². The molecule has 1 saturated heterocycles. The van der Waals surface area contributed by atoms with E-state index in [-0.39, 0.29) is 29.4 Å². The molecule has 2 N–H and O–H groups in total. The fourth-order valence-electron chi connectivity index (χ4n) is 3.74. The number of rotatable bonds is 5. The van der Waals surface area contributed by atoms with E-state index in [0.29, 0.717) is 24.4 Å². The van der Waals surface area contributed by atoms with Gasteiger partial charge in [-0.05, 0) is 32.8 Å². The van der Waals surface area contributed by atoms with Crippen molar-refractivity contribution in [3.63, 3.8) is 0 Å². The summed E-state index contributed by atoms with van der Waals surface area (Å²) in [5.74, 6) is 0.717. The lowest BCUT2D eigenvalue weighted by atomic mass is 10.1. The first-order valence-electron chi connectivity index (χ1n) is 9.78. The monoisotopic (exact) mass is 409 g/mol. The predicted molar refractivity (Wildman–Crippen MR) is 110 cm³/mol. The van der Waals surface area contributed by atoms with Gasteiger partial charge in [0.15, 0.2) is 0 Å². The number of carbonyl (C=O) groups excluding carboxylic acids is 2. The molecule has 0 saturated carbocycles. The van der Waals surface area contributed by atoms with Gasteiger partial charge in [0.1, 0.15) is 23.3 Å². The average Bonchev–Trinajstić information content (AvgIpc) is 3.28. The lowest BCUT2D eigenvalue weighted by Gasteiger charge is -2.22. The van der Waals surface area contributed by atoms with E-state index in [1.165, 1.54) is 10.6 Å². The van der Waals surface area contributed by atoms with Crippen LogP contribution in [0.2, 0.25) is 0 Å². The quantitative estimate of drug-likeness (QED) is 0.622. The molecule has 1 aliphatic rings. The Kier molecular flexibility index (Phi) is 5.03. The third kappa shape index (κ3) is 3.42. The standard InChI is InChI=1S/C21H23N5O4/c1-4-8-26-17(14-9-12(2)30-13(14)3)11-25-10-16(23-18(25)21(26)29)20(28)24-15-6-5-7-22-19(15)27/h4,9-11,15H,1,5-8H2,2-3H3,(H,22,27)(H,24,28). The number of allylic oxidation sites excluding steroid dienone is 1. The van der Waals surface area contributed by atoms with E-state index in [0.717, 1.165) is 17.7 Å². The molecule has 1 aliphatic heterocycles. The Hall–Kier alpha value is -3.62. The Labute approximate surface area is 172 Å². The van der Waals surface area contributed by atoms with Crippen LogP contribution in [0.4, 0.5) is 0 Å². The molecule has 9 nitrogen and oxygen atoms in total. The second-order valence-corrected chi connectivity index (χ2v) is 7.36. The molecule has 0 bridgehead atoms. The molecular weight excluding hydrogens is 386 g/mol. The fraction of sp³-hybridized carbons (Fsp3) is 0.333. The van der Waals surface area contributed by atoms with Crippen molar-refractivity contribution in [2.75, 3.05) is 6.54 Å². The highest BCUT2D eigenvalue weighted by Crippen LogP contribution is 2.26. The molecule has 30 heavy (non-hydrogen) atoms. The van der Waals surface area contributed by atoms with Crippen LogP contribution in [-0.4, -0.2) is 38.4 Å². The van der Waals surface area contributed by atoms with E-state index in [1.54, 1.807) is 16.8 Å². The van der Waals surface area contributed by atoms with Crippen molar-refractivity contribution in [1.29, 1.82) is 0 Å². The van der Waals surface area contributed by atoms with Crippen molar-refractivity contribution in [3.8, 4) is 11.3 Å². The van der Waals surface area contributed by atoms with Crippen LogP contribution < -0.4 is 16.2 Å². The first kappa shape index (κ1) is 19.7. The third-order valence-corrected chi connectivity index (χ3v) is 5.17. The minimum Gasteiger partial charge on any atom is -0.466 e. The molecule has 4 rings (SSSR count). The van der Waals surface area contributed by atoms with Crippen LogP contribution in [0.15, 0.2) is 40.3 Å². The number of furan rings is 1. The predicted octanol–water partition coefficient (Wildman–Crippen LogP) is 1.57. The Morgan fingerprint density at radius 3 is 2.87 bits per heavy atom. The minimum absolute atomic E-state index is 0.0767. The van der Waals surface area contributed by atoms with Gasteiger partial charge < -0.3 is 15.1 Å². The van der Waals surface area contributed by atoms with E-state index in [9.17, 15) is 14.4 Å². The van der Waals surface area contributed by atoms with Gasteiger partial charge in [0.2, 0.25) is 11.6 Å². The number of nitrogens with zero attached hydrogens (tertiary/aromatic N) is 3. The second-order valence-electron chi connectivity index (χ2n) is 7.36. The van der Waals surface area contributed by atoms with Gasteiger partial charge in [-0.2, -0.15) is 0 Å². The number of carbonyl (C=O) groups is 2. The Balaban J connectivity index is 1.77. The van der Waals surface area contributed by atoms with Gasteiger partial charge >= 0.3 is 0 Å². The van der Waals surface area contributed by atoms with E-state index < -0.39 is 11.9 Å². The highest BCUT2D eigenvalue weighted by molar-refractivity contribution is 5.96. The zero-order valence-corrected chi connectivity index (χ0v) is 16.9. The van der Waals surface area contributed by atoms with Gasteiger partial charge in [0.25, 0.3) is 11.5 Å². The Bertz CT molecular complexity index is 1220. The number of nitrogens with one attached hydrogen (secondary N) is 2. The third-order valence-electron chi connectivity index (χ3n) is 5.17. The highest BCUT2D eigenvalue weighted by atomic mass is 16.3. The number of amides is 2. The number of piperidine rings is 1. The smallest absolute Gasteiger partial charge is 0.295 e. The number of aromatic nitrogens is 3.